The zero-order valence-electron chi connectivity index (χ0n) is 17.7. The number of rotatable bonds is 8. The Bertz CT molecular complexity index is 1040. The van der Waals surface area contributed by atoms with Crippen LogP contribution in [0.15, 0.2) is 71.8 Å². The number of benzene rings is 3. The van der Waals surface area contributed by atoms with Crippen molar-refractivity contribution >= 4 is 22.9 Å². The second-order valence-electron chi connectivity index (χ2n) is 7.97. The second kappa shape index (κ2) is 10.7. The van der Waals surface area contributed by atoms with E-state index in [1.165, 1.54) is 30.0 Å². The van der Waals surface area contributed by atoms with Crippen molar-refractivity contribution in [3.8, 4) is 5.75 Å². The molecule has 160 valence electrons. The van der Waals surface area contributed by atoms with E-state index in [1.807, 2.05) is 42.5 Å². The van der Waals surface area contributed by atoms with Gasteiger partial charge in [-0.15, -0.1) is 0 Å². The quantitative estimate of drug-likeness (QED) is 0.411. The average molecular weight is 416 g/mol. The van der Waals surface area contributed by atoms with E-state index in [-0.39, 0.29) is 5.91 Å². The summed E-state index contributed by atoms with van der Waals surface area (Å²) in [5.74, 6) is 0.602. The third-order valence-corrected chi connectivity index (χ3v) is 5.73. The van der Waals surface area contributed by atoms with E-state index >= 15 is 0 Å². The van der Waals surface area contributed by atoms with Crippen LogP contribution in [0.1, 0.15) is 43.2 Å². The van der Waals surface area contributed by atoms with Crippen LogP contribution in [0.4, 0.5) is 0 Å². The maximum atomic E-state index is 12.1. The van der Waals surface area contributed by atoms with Gasteiger partial charge in [0.2, 0.25) is 0 Å². The monoisotopic (exact) mass is 415 g/mol. The SMILES string of the molecule is O=C(CNC1CCCCC1)N/N=C\c1ccccc1OCc1cccc2ccccc12. The van der Waals surface area contributed by atoms with Crippen molar-refractivity contribution in [2.75, 3.05) is 6.54 Å². The minimum atomic E-state index is -0.129. The molecule has 31 heavy (non-hydrogen) atoms. The average Bonchev–Trinajstić information content (AvgIpc) is 2.83. The van der Waals surface area contributed by atoms with Gasteiger partial charge in [-0.2, -0.15) is 5.10 Å². The van der Waals surface area contributed by atoms with E-state index in [4.69, 9.17) is 4.74 Å². The Morgan fingerprint density at radius 2 is 1.74 bits per heavy atom. The third-order valence-electron chi connectivity index (χ3n) is 5.73. The standard InChI is InChI=1S/C26H29N3O2/c30-26(18-27-23-13-2-1-3-14-23)29-28-17-21-10-5-7-16-25(21)31-19-22-12-8-11-20-9-4-6-15-24(20)22/h4-12,15-17,23,27H,1-3,13-14,18-19H2,(H,29,30)/b28-17-. The number of ether oxygens (including phenoxy) is 1. The summed E-state index contributed by atoms with van der Waals surface area (Å²) in [4.78, 5) is 12.1. The molecule has 0 saturated heterocycles. The fraction of sp³-hybridized carbons (Fsp3) is 0.308. The molecule has 1 aliphatic rings. The van der Waals surface area contributed by atoms with Crippen LogP contribution in [0.2, 0.25) is 0 Å². The molecule has 0 aliphatic heterocycles. The molecule has 3 aromatic carbocycles. The number of hydrogen-bond acceptors (Lipinski definition) is 4. The highest BCUT2D eigenvalue weighted by Crippen LogP contribution is 2.22. The van der Waals surface area contributed by atoms with Crippen molar-refractivity contribution in [3.63, 3.8) is 0 Å². The third kappa shape index (κ3) is 5.92. The van der Waals surface area contributed by atoms with Crippen LogP contribution >= 0.6 is 0 Å². The lowest BCUT2D eigenvalue weighted by molar-refractivity contribution is -0.120. The second-order valence-corrected chi connectivity index (χ2v) is 7.97. The molecular formula is C26H29N3O2. The van der Waals surface area contributed by atoms with Crippen molar-refractivity contribution < 1.29 is 9.53 Å². The number of para-hydroxylation sites is 1. The Labute approximate surface area is 183 Å². The first-order chi connectivity index (χ1) is 15.3. The van der Waals surface area contributed by atoms with Crippen molar-refractivity contribution in [3.05, 3.63) is 77.9 Å². The molecule has 5 heteroatoms. The molecule has 4 rings (SSSR count). The van der Waals surface area contributed by atoms with E-state index in [1.54, 1.807) is 6.21 Å². The Morgan fingerprint density at radius 3 is 2.65 bits per heavy atom. The van der Waals surface area contributed by atoms with Crippen LogP contribution in [0.5, 0.6) is 5.75 Å². The maximum absolute atomic E-state index is 12.1. The van der Waals surface area contributed by atoms with Gasteiger partial charge in [0.25, 0.3) is 5.91 Å². The number of nitrogens with one attached hydrogen (secondary N) is 2. The van der Waals surface area contributed by atoms with Crippen LogP contribution in [0.3, 0.4) is 0 Å². The first-order valence-electron chi connectivity index (χ1n) is 11.0. The van der Waals surface area contributed by atoms with Crippen LogP contribution in [0, 0.1) is 0 Å². The molecule has 5 nitrogen and oxygen atoms in total. The molecule has 0 atom stereocenters. The maximum Gasteiger partial charge on any atom is 0.254 e. The zero-order valence-corrected chi connectivity index (χ0v) is 17.7. The number of hydrazone groups is 1. The van der Waals surface area contributed by atoms with Gasteiger partial charge >= 0.3 is 0 Å². The van der Waals surface area contributed by atoms with Crippen LogP contribution in [-0.2, 0) is 11.4 Å². The van der Waals surface area contributed by atoms with E-state index < -0.39 is 0 Å². The first kappa shape index (κ1) is 21.1. The molecule has 1 fully saturated rings. The van der Waals surface area contributed by atoms with Crippen molar-refractivity contribution in [2.45, 2.75) is 44.8 Å². The molecule has 0 bridgehead atoms. The summed E-state index contributed by atoms with van der Waals surface area (Å²) in [6.07, 6.45) is 7.73. The molecular weight excluding hydrogens is 386 g/mol. The summed E-state index contributed by atoms with van der Waals surface area (Å²) < 4.78 is 6.10. The number of nitrogens with zero attached hydrogens (tertiary/aromatic N) is 1. The Hall–Kier alpha value is -3.18. The van der Waals surface area contributed by atoms with Gasteiger partial charge in [-0.3, -0.25) is 4.79 Å². The summed E-state index contributed by atoms with van der Waals surface area (Å²) in [5, 5.41) is 9.84. The van der Waals surface area contributed by atoms with Gasteiger partial charge in [0.1, 0.15) is 12.4 Å². The van der Waals surface area contributed by atoms with E-state index in [9.17, 15) is 4.79 Å². The summed E-state index contributed by atoms with van der Waals surface area (Å²) in [6, 6.07) is 22.7. The van der Waals surface area contributed by atoms with E-state index in [0.717, 1.165) is 29.7 Å². The van der Waals surface area contributed by atoms with Crippen molar-refractivity contribution in [1.82, 2.24) is 10.7 Å². The lowest BCUT2D eigenvalue weighted by Crippen LogP contribution is -2.38. The number of hydrogen-bond donors (Lipinski definition) is 2. The summed E-state index contributed by atoms with van der Waals surface area (Å²) in [7, 11) is 0. The largest absolute Gasteiger partial charge is 0.488 e. The Balaban J connectivity index is 1.33. The highest BCUT2D eigenvalue weighted by Gasteiger charge is 2.13. The normalized spacial score (nSPS) is 14.7. The lowest BCUT2D eigenvalue weighted by Gasteiger charge is -2.22. The molecule has 1 saturated carbocycles. The molecule has 0 spiro atoms. The number of amides is 1. The predicted octanol–water partition coefficient (Wildman–Crippen LogP) is 4.79. The Kier molecular flexibility index (Phi) is 7.29. The van der Waals surface area contributed by atoms with Gasteiger partial charge in [-0.1, -0.05) is 73.9 Å². The van der Waals surface area contributed by atoms with Gasteiger partial charge in [0.05, 0.1) is 12.8 Å². The van der Waals surface area contributed by atoms with E-state index in [2.05, 4.69) is 40.1 Å². The Morgan fingerprint density at radius 1 is 0.968 bits per heavy atom. The lowest BCUT2D eigenvalue weighted by atomic mass is 9.95. The fourth-order valence-electron chi connectivity index (χ4n) is 4.05. The van der Waals surface area contributed by atoms with Crippen LogP contribution in [0.25, 0.3) is 10.8 Å². The molecule has 0 heterocycles. The number of carbonyl (C=O) groups excluding carboxylic acids is 1. The van der Waals surface area contributed by atoms with Gasteiger partial charge in [-0.05, 0) is 41.3 Å². The minimum Gasteiger partial charge on any atom is -0.488 e. The highest BCUT2D eigenvalue weighted by molar-refractivity contribution is 5.86. The zero-order chi connectivity index (χ0) is 21.3. The molecule has 2 N–H and O–H groups in total. The van der Waals surface area contributed by atoms with Crippen molar-refractivity contribution in [1.29, 1.82) is 0 Å². The van der Waals surface area contributed by atoms with Gasteiger partial charge < -0.3 is 10.1 Å². The highest BCUT2D eigenvalue weighted by atomic mass is 16.5. The molecule has 1 aliphatic carbocycles. The molecule has 0 unspecified atom stereocenters. The summed E-state index contributed by atoms with van der Waals surface area (Å²) in [5.41, 5.74) is 4.56. The molecule has 0 aromatic heterocycles. The summed E-state index contributed by atoms with van der Waals surface area (Å²) >= 11 is 0. The first-order valence-corrected chi connectivity index (χ1v) is 11.0. The van der Waals surface area contributed by atoms with Crippen molar-refractivity contribution in [2.24, 2.45) is 5.10 Å². The van der Waals surface area contributed by atoms with Gasteiger partial charge in [0, 0.05) is 11.6 Å². The topological polar surface area (TPSA) is 62.7 Å². The molecule has 0 radical (unpaired) electrons. The smallest absolute Gasteiger partial charge is 0.254 e. The van der Waals surface area contributed by atoms with E-state index in [0.29, 0.717) is 19.2 Å². The van der Waals surface area contributed by atoms with Gasteiger partial charge in [-0.25, -0.2) is 5.43 Å². The molecule has 1 amide bonds. The van der Waals surface area contributed by atoms with Crippen LogP contribution in [-0.4, -0.2) is 24.7 Å². The van der Waals surface area contributed by atoms with Crippen LogP contribution < -0.4 is 15.5 Å². The molecule has 3 aromatic rings. The number of carbonyl (C=O) groups is 1. The predicted molar refractivity (Wildman–Crippen MR) is 125 cm³/mol. The number of fused-ring (bicyclic) bond motifs is 1. The minimum absolute atomic E-state index is 0.129. The summed E-state index contributed by atoms with van der Waals surface area (Å²) in [6.45, 7) is 0.755. The fourth-order valence-corrected chi connectivity index (χ4v) is 4.05. The van der Waals surface area contributed by atoms with Gasteiger partial charge in [0.15, 0.2) is 0 Å².